The number of benzene rings is 2. The maximum atomic E-state index is 12.9. The minimum atomic E-state index is -0.0798. The number of ether oxygens (including phenoxy) is 1. The molecule has 0 aromatic heterocycles. The fourth-order valence-electron chi connectivity index (χ4n) is 2.91. The number of rotatable bonds is 2. The van der Waals surface area contributed by atoms with Crippen molar-refractivity contribution in [2.75, 3.05) is 17.7 Å². The van der Waals surface area contributed by atoms with Crippen LogP contribution in [-0.2, 0) is 6.42 Å². The van der Waals surface area contributed by atoms with Gasteiger partial charge in [0, 0.05) is 11.7 Å². The lowest BCUT2D eigenvalue weighted by Gasteiger charge is -2.23. The van der Waals surface area contributed by atoms with Crippen LogP contribution >= 0.6 is 0 Å². The second-order valence-corrected chi connectivity index (χ2v) is 5.28. The Labute approximate surface area is 124 Å². The van der Waals surface area contributed by atoms with Crippen LogP contribution in [0.2, 0.25) is 0 Å². The standard InChI is InChI=1S/C17H18N2O2/c1-11-10-12-6-3-4-8-14(12)19(11)17(20)13-7-5-9-15(21-2)16(13)18/h3-9,11H,10,18H2,1-2H3. The summed E-state index contributed by atoms with van der Waals surface area (Å²) in [5.41, 5.74) is 9.09. The summed E-state index contributed by atoms with van der Waals surface area (Å²) in [4.78, 5) is 14.7. The zero-order valence-corrected chi connectivity index (χ0v) is 12.2. The number of carbonyl (C=O) groups is 1. The van der Waals surface area contributed by atoms with Crippen LogP contribution in [0.5, 0.6) is 5.75 Å². The van der Waals surface area contributed by atoms with E-state index in [9.17, 15) is 4.79 Å². The number of amides is 1. The largest absolute Gasteiger partial charge is 0.495 e. The number of nitrogen functional groups attached to an aromatic ring is 1. The molecule has 2 N–H and O–H groups in total. The number of nitrogens with zero attached hydrogens (tertiary/aromatic N) is 1. The third-order valence-corrected chi connectivity index (χ3v) is 3.94. The van der Waals surface area contributed by atoms with Crippen molar-refractivity contribution in [1.82, 2.24) is 0 Å². The van der Waals surface area contributed by atoms with Gasteiger partial charge in [-0.05, 0) is 37.1 Å². The van der Waals surface area contributed by atoms with Crippen LogP contribution in [0.4, 0.5) is 11.4 Å². The van der Waals surface area contributed by atoms with E-state index in [1.807, 2.05) is 30.0 Å². The quantitative estimate of drug-likeness (QED) is 0.862. The molecule has 0 saturated heterocycles. The van der Waals surface area contributed by atoms with Crippen molar-refractivity contribution < 1.29 is 9.53 Å². The lowest BCUT2D eigenvalue weighted by molar-refractivity contribution is 0.0982. The van der Waals surface area contributed by atoms with Crippen LogP contribution in [0.3, 0.4) is 0 Å². The summed E-state index contributed by atoms with van der Waals surface area (Å²) < 4.78 is 5.20. The Hall–Kier alpha value is -2.49. The van der Waals surface area contributed by atoms with Crippen molar-refractivity contribution in [3.63, 3.8) is 0 Å². The van der Waals surface area contributed by atoms with E-state index < -0.39 is 0 Å². The summed E-state index contributed by atoms with van der Waals surface area (Å²) in [6.45, 7) is 2.05. The highest BCUT2D eigenvalue weighted by Crippen LogP contribution is 2.35. The summed E-state index contributed by atoms with van der Waals surface area (Å²) >= 11 is 0. The first-order chi connectivity index (χ1) is 10.1. The third-order valence-electron chi connectivity index (χ3n) is 3.94. The van der Waals surface area contributed by atoms with Gasteiger partial charge in [0.05, 0.1) is 18.4 Å². The Morgan fingerprint density at radius 2 is 2.00 bits per heavy atom. The monoisotopic (exact) mass is 282 g/mol. The van der Waals surface area contributed by atoms with E-state index >= 15 is 0 Å². The molecule has 0 aliphatic carbocycles. The fraction of sp³-hybridized carbons (Fsp3) is 0.235. The molecule has 0 saturated carbocycles. The van der Waals surface area contributed by atoms with Gasteiger partial charge in [-0.1, -0.05) is 24.3 Å². The predicted octanol–water partition coefficient (Wildman–Crippen LogP) is 2.87. The Bertz CT molecular complexity index is 697. The molecule has 1 heterocycles. The van der Waals surface area contributed by atoms with Gasteiger partial charge in [-0.2, -0.15) is 0 Å². The van der Waals surface area contributed by atoms with Crippen LogP contribution in [-0.4, -0.2) is 19.1 Å². The second kappa shape index (κ2) is 5.13. The molecular weight excluding hydrogens is 264 g/mol. The highest BCUT2D eigenvalue weighted by atomic mass is 16.5. The van der Waals surface area contributed by atoms with E-state index in [4.69, 9.17) is 10.5 Å². The number of hydrogen-bond donors (Lipinski definition) is 1. The molecule has 4 nitrogen and oxygen atoms in total. The van der Waals surface area contributed by atoms with Gasteiger partial charge in [-0.3, -0.25) is 4.79 Å². The lowest BCUT2D eigenvalue weighted by Crippen LogP contribution is -2.36. The molecule has 0 radical (unpaired) electrons. The number of carbonyl (C=O) groups excluding carboxylic acids is 1. The lowest BCUT2D eigenvalue weighted by atomic mass is 10.1. The third kappa shape index (κ3) is 2.13. The van der Waals surface area contributed by atoms with Gasteiger partial charge in [-0.15, -0.1) is 0 Å². The molecule has 1 unspecified atom stereocenters. The molecule has 108 valence electrons. The van der Waals surface area contributed by atoms with E-state index in [1.165, 1.54) is 5.56 Å². The van der Waals surface area contributed by atoms with Crippen molar-refractivity contribution in [3.05, 3.63) is 53.6 Å². The van der Waals surface area contributed by atoms with E-state index in [-0.39, 0.29) is 11.9 Å². The van der Waals surface area contributed by atoms with Gasteiger partial charge in [0.2, 0.25) is 0 Å². The van der Waals surface area contributed by atoms with Crippen molar-refractivity contribution in [1.29, 1.82) is 0 Å². The van der Waals surface area contributed by atoms with Crippen molar-refractivity contribution in [2.24, 2.45) is 0 Å². The summed E-state index contributed by atoms with van der Waals surface area (Å²) in [5, 5.41) is 0. The topological polar surface area (TPSA) is 55.6 Å². The Balaban J connectivity index is 2.04. The van der Waals surface area contributed by atoms with E-state index in [0.717, 1.165) is 12.1 Å². The maximum absolute atomic E-state index is 12.9. The first-order valence-electron chi connectivity index (χ1n) is 6.97. The number of fused-ring (bicyclic) bond motifs is 1. The average Bonchev–Trinajstić information content (AvgIpc) is 2.82. The zero-order valence-electron chi connectivity index (χ0n) is 12.2. The fourth-order valence-corrected chi connectivity index (χ4v) is 2.91. The molecule has 1 atom stereocenters. The van der Waals surface area contributed by atoms with Gasteiger partial charge < -0.3 is 15.4 Å². The second-order valence-electron chi connectivity index (χ2n) is 5.28. The maximum Gasteiger partial charge on any atom is 0.260 e. The number of nitrogens with two attached hydrogens (primary N) is 1. The molecule has 1 aliphatic heterocycles. The summed E-state index contributed by atoms with van der Waals surface area (Å²) in [7, 11) is 1.55. The van der Waals surface area contributed by atoms with Crippen LogP contribution < -0.4 is 15.4 Å². The summed E-state index contributed by atoms with van der Waals surface area (Å²) in [5.74, 6) is 0.449. The molecule has 0 bridgehead atoms. The van der Waals surface area contributed by atoms with Crippen molar-refractivity contribution >= 4 is 17.3 Å². The molecule has 4 heteroatoms. The first kappa shape index (κ1) is 13.5. The SMILES string of the molecule is COc1cccc(C(=O)N2c3ccccc3CC2C)c1N. The molecule has 21 heavy (non-hydrogen) atoms. The first-order valence-corrected chi connectivity index (χ1v) is 6.97. The van der Waals surface area contributed by atoms with Gasteiger partial charge in [0.25, 0.3) is 5.91 Å². The minimum absolute atomic E-state index is 0.0798. The van der Waals surface area contributed by atoms with E-state index in [0.29, 0.717) is 17.0 Å². The van der Waals surface area contributed by atoms with E-state index in [1.54, 1.807) is 25.3 Å². The number of anilines is 2. The summed E-state index contributed by atoms with van der Waals surface area (Å²) in [6.07, 6.45) is 0.867. The molecule has 3 rings (SSSR count). The van der Waals surface area contributed by atoms with Crippen LogP contribution in [0.15, 0.2) is 42.5 Å². The zero-order chi connectivity index (χ0) is 15.0. The normalized spacial score (nSPS) is 16.7. The molecule has 1 aliphatic rings. The molecule has 2 aromatic rings. The minimum Gasteiger partial charge on any atom is -0.495 e. The van der Waals surface area contributed by atoms with Crippen molar-refractivity contribution in [2.45, 2.75) is 19.4 Å². The molecule has 1 amide bonds. The number of hydrogen-bond acceptors (Lipinski definition) is 3. The molecule has 0 spiro atoms. The van der Waals surface area contributed by atoms with Gasteiger partial charge >= 0.3 is 0 Å². The van der Waals surface area contributed by atoms with Crippen LogP contribution in [0.1, 0.15) is 22.8 Å². The van der Waals surface area contributed by atoms with Gasteiger partial charge in [-0.25, -0.2) is 0 Å². The Morgan fingerprint density at radius 3 is 2.76 bits per heavy atom. The number of para-hydroxylation sites is 2. The van der Waals surface area contributed by atoms with Gasteiger partial charge in [0.15, 0.2) is 0 Å². The average molecular weight is 282 g/mol. The molecule has 0 fully saturated rings. The highest BCUT2D eigenvalue weighted by Gasteiger charge is 2.32. The van der Waals surface area contributed by atoms with Crippen LogP contribution in [0, 0.1) is 0 Å². The molecule has 2 aromatic carbocycles. The molecular formula is C17H18N2O2. The van der Waals surface area contributed by atoms with Crippen molar-refractivity contribution in [3.8, 4) is 5.75 Å². The smallest absolute Gasteiger partial charge is 0.260 e. The van der Waals surface area contributed by atoms with Crippen LogP contribution in [0.25, 0.3) is 0 Å². The van der Waals surface area contributed by atoms with Gasteiger partial charge in [0.1, 0.15) is 5.75 Å². The van der Waals surface area contributed by atoms with E-state index in [2.05, 4.69) is 6.07 Å². The highest BCUT2D eigenvalue weighted by molar-refractivity contribution is 6.11. The summed E-state index contributed by atoms with van der Waals surface area (Å²) in [6, 6.07) is 13.4. The number of methoxy groups -OCH3 is 1. The Morgan fingerprint density at radius 1 is 1.24 bits per heavy atom. The Kier molecular flexibility index (Phi) is 3.29. The predicted molar refractivity (Wildman–Crippen MR) is 83.8 cm³/mol.